The van der Waals surface area contributed by atoms with Crippen molar-refractivity contribution in [3.8, 4) is 0 Å². The van der Waals surface area contributed by atoms with Crippen LogP contribution >= 0.6 is 0 Å². The van der Waals surface area contributed by atoms with Crippen LogP contribution in [0.1, 0.15) is 17.5 Å². The van der Waals surface area contributed by atoms with E-state index in [0.29, 0.717) is 5.56 Å². The molecule has 28 heavy (non-hydrogen) atoms. The lowest BCUT2D eigenvalue weighted by Gasteiger charge is -2.16. The summed E-state index contributed by atoms with van der Waals surface area (Å²) in [6.07, 6.45) is 1.08. The van der Waals surface area contributed by atoms with Crippen molar-refractivity contribution in [3.63, 3.8) is 0 Å². The molecule has 1 heterocycles. The van der Waals surface area contributed by atoms with E-state index in [1.54, 1.807) is 32.3 Å². The maximum Gasteiger partial charge on any atom is 0.414 e. The molecule has 6 heteroatoms. The molecular weight excluding hydrogens is 356 g/mol. The van der Waals surface area contributed by atoms with Crippen LogP contribution in [-0.2, 0) is 20.9 Å². The molecule has 1 aliphatic heterocycles. The fraction of sp³-hybridized carbons (Fsp3) is 0.227. The first-order valence-corrected chi connectivity index (χ1v) is 9.00. The van der Waals surface area contributed by atoms with Gasteiger partial charge < -0.3 is 9.64 Å². The van der Waals surface area contributed by atoms with Crippen LogP contribution in [0.3, 0.4) is 0 Å². The lowest BCUT2D eigenvalue weighted by molar-refractivity contribution is -0.139. The molecule has 1 fully saturated rings. The number of carbonyl (C=O) groups excluding carboxylic acids is 3. The van der Waals surface area contributed by atoms with E-state index in [0.717, 1.165) is 5.56 Å². The van der Waals surface area contributed by atoms with E-state index in [1.807, 2.05) is 48.5 Å². The molecule has 0 bridgehead atoms. The summed E-state index contributed by atoms with van der Waals surface area (Å²) in [4.78, 5) is 39.8. The monoisotopic (exact) mass is 378 g/mol. The second-order valence-corrected chi connectivity index (χ2v) is 6.77. The first-order valence-electron chi connectivity index (χ1n) is 9.00. The Hall–Kier alpha value is -3.41. The number of carbonyl (C=O) groups is 3. The second kappa shape index (κ2) is 8.52. The van der Waals surface area contributed by atoms with E-state index in [9.17, 15) is 14.4 Å². The van der Waals surface area contributed by atoms with Crippen LogP contribution in [0.2, 0.25) is 0 Å². The van der Waals surface area contributed by atoms with E-state index in [4.69, 9.17) is 4.74 Å². The summed E-state index contributed by atoms with van der Waals surface area (Å²) in [5.74, 6) is -0.918. The Labute approximate surface area is 164 Å². The highest BCUT2D eigenvalue weighted by atomic mass is 16.6. The minimum Gasteiger partial charge on any atom is -0.410 e. The second-order valence-electron chi connectivity index (χ2n) is 6.77. The SMILES string of the molecule is CN(C)C(=O)O/C(=C\C1CC(=O)N(Cc2ccccc2)C1=O)c1ccccc1. The maximum absolute atomic E-state index is 12.8. The molecule has 1 unspecified atom stereocenters. The van der Waals surface area contributed by atoms with Crippen LogP contribution in [0.4, 0.5) is 4.79 Å². The fourth-order valence-corrected chi connectivity index (χ4v) is 2.93. The quantitative estimate of drug-likeness (QED) is 0.591. The Kier molecular flexibility index (Phi) is 5.89. The number of benzene rings is 2. The molecule has 6 nitrogen and oxygen atoms in total. The van der Waals surface area contributed by atoms with Gasteiger partial charge in [0.15, 0.2) is 0 Å². The molecular formula is C22H22N2O4. The van der Waals surface area contributed by atoms with Crippen molar-refractivity contribution in [2.75, 3.05) is 14.1 Å². The molecule has 2 aromatic rings. The third kappa shape index (κ3) is 4.46. The Balaban J connectivity index is 1.84. The molecule has 0 aliphatic carbocycles. The minimum absolute atomic E-state index is 0.0571. The summed E-state index contributed by atoms with van der Waals surface area (Å²) in [5.41, 5.74) is 1.55. The summed E-state index contributed by atoms with van der Waals surface area (Å²) in [6.45, 7) is 0.237. The molecule has 3 amide bonds. The van der Waals surface area contributed by atoms with Crippen molar-refractivity contribution < 1.29 is 19.1 Å². The fourth-order valence-electron chi connectivity index (χ4n) is 2.93. The summed E-state index contributed by atoms with van der Waals surface area (Å²) < 4.78 is 5.46. The number of nitrogens with zero attached hydrogens (tertiary/aromatic N) is 2. The first-order chi connectivity index (χ1) is 13.5. The van der Waals surface area contributed by atoms with Gasteiger partial charge in [-0.15, -0.1) is 0 Å². The van der Waals surface area contributed by atoms with Crippen molar-refractivity contribution in [2.24, 2.45) is 5.92 Å². The summed E-state index contributed by atoms with van der Waals surface area (Å²) in [6, 6.07) is 18.4. The van der Waals surface area contributed by atoms with Gasteiger partial charge in [-0.25, -0.2) is 4.79 Å². The Morgan fingerprint density at radius 2 is 1.68 bits per heavy atom. The molecule has 0 saturated carbocycles. The van der Waals surface area contributed by atoms with Crippen LogP contribution in [0.15, 0.2) is 66.7 Å². The molecule has 3 rings (SSSR count). The van der Waals surface area contributed by atoms with E-state index >= 15 is 0 Å². The zero-order chi connectivity index (χ0) is 20.1. The molecule has 1 saturated heterocycles. The number of imide groups is 1. The number of hydrogen-bond acceptors (Lipinski definition) is 4. The Morgan fingerprint density at radius 1 is 1.07 bits per heavy atom. The van der Waals surface area contributed by atoms with Crippen LogP contribution in [0.5, 0.6) is 0 Å². The van der Waals surface area contributed by atoms with Crippen molar-refractivity contribution in [3.05, 3.63) is 77.9 Å². The van der Waals surface area contributed by atoms with Crippen LogP contribution in [0.25, 0.3) is 5.76 Å². The molecule has 0 spiro atoms. The number of likely N-dealkylation sites (tertiary alicyclic amines) is 1. The smallest absolute Gasteiger partial charge is 0.410 e. The summed E-state index contributed by atoms with van der Waals surface area (Å²) in [5, 5.41) is 0. The minimum atomic E-state index is -0.665. The molecule has 144 valence electrons. The third-order valence-electron chi connectivity index (χ3n) is 4.44. The van der Waals surface area contributed by atoms with Crippen LogP contribution < -0.4 is 0 Å². The highest BCUT2D eigenvalue weighted by Crippen LogP contribution is 2.27. The van der Waals surface area contributed by atoms with Gasteiger partial charge in [-0.1, -0.05) is 60.7 Å². The van der Waals surface area contributed by atoms with E-state index < -0.39 is 12.0 Å². The molecule has 1 aliphatic rings. The molecule has 2 aromatic carbocycles. The number of ether oxygens (including phenoxy) is 1. The molecule has 1 atom stereocenters. The van der Waals surface area contributed by atoms with E-state index in [2.05, 4.69) is 0 Å². The van der Waals surface area contributed by atoms with Crippen molar-refractivity contribution in [1.29, 1.82) is 0 Å². The molecule has 0 aromatic heterocycles. The van der Waals surface area contributed by atoms with Gasteiger partial charge in [0.1, 0.15) is 5.76 Å². The van der Waals surface area contributed by atoms with Gasteiger partial charge in [0, 0.05) is 26.1 Å². The van der Waals surface area contributed by atoms with Gasteiger partial charge in [-0.3, -0.25) is 14.5 Å². The average molecular weight is 378 g/mol. The maximum atomic E-state index is 12.8. The Morgan fingerprint density at radius 3 is 2.29 bits per heavy atom. The van der Waals surface area contributed by atoms with Gasteiger partial charge in [0.2, 0.25) is 11.8 Å². The number of rotatable bonds is 5. The highest BCUT2D eigenvalue weighted by molar-refractivity contribution is 6.05. The van der Waals surface area contributed by atoms with Crippen LogP contribution in [-0.4, -0.2) is 41.8 Å². The van der Waals surface area contributed by atoms with Crippen molar-refractivity contribution in [2.45, 2.75) is 13.0 Å². The zero-order valence-electron chi connectivity index (χ0n) is 15.9. The zero-order valence-corrected chi connectivity index (χ0v) is 15.9. The van der Waals surface area contributed by atoms with Gasteiger partial charge in [0.25, 0.3) is 0 Å². The van der Waals surface area contributed by atoms with E-state index in [1.165, 1.54) is 9.80 Å². The molecule has 0 radical (unpaired) electrons. The van der Waals surface area contributed by atoms with Gasteiger partial charge in [-0.05, 0) is 11.6 Å². The Bertz CT molecular complexity index is 891. The summed E-state index contributed by atoms with van der Waals surface area (Å²) >= 11 is 0. The standard InChI is InChI=1S/C22H22N2O4/c1-23(2)22(27)28-19(17-11-7-4-8-12-17)13-18-14-20(25)24(21(18)26)15-16-9-5-3-6-10-16/h3-13,18H,14-15H2,1-2H3/b19-13-. The van der Waals surface area contributed by atoms with Gasteiger partial charge in [0.05, 0.1) is 12.5 Å². The van der Waals surface area contributed by atoms with Crippen molar-refractivity contribution >= 4 is 23.7 Å². The largest absolute Gasteiger partial charge is 0.414 e. The topological polar surface area (TPSA) is 66.9 Å². The lowest BCUT2D eigenvalue weighted by atomic mass is 10.0. The lowest BCUT2D eigenvalue weighted by Crippen LogP contribution is -2.30. The van der Waals surface area contributed by atoms with Crippen molar-refractivity contribution in [1.82, 2.24) is 9.80 Å². The predicted molar refractivity (Wildman–Crippen MR) is 105 cm³/mol. The van der Waals surface area contributed by atoms with Gasteiger partial charge >= 0.3 is 6.09 Å². The highest BCUT2D eigenvalue weighted by Gasteiger charge is 2.37. The normalized spacial score (nSPS) is 17.0. The predicted octanol–water partition coefficient (Wildman–Crippen LogP) is 3.30. The van der Waals surface area contributed by atoms with Gasteiger partial charge in [-0.2, -0.15) is 0 Å². The molecule has 0 N–H and O–H groups in total. The average Bonchev–Trinajstić information content (AvgIpc) is 2.96. The van der Waals surface area contributed by atoms with E-state index in [-0.39, 0.29) is 30.5 Å². The number of hydrogen-bond donors (Lipinski definition) is 0. The first kappa shape index (κ1) is 19.4. The number of amides is 3. The third-order valence-corrected chi connectivity index (χ3v) is 4.44. The van der Waals surface area contributed by atoms with Crippen LogP contribution in [0, 0.1) is 5.92 Å². The summed E-state index contributed by atoms with van der Waals surface area (Å²) in [7, 11) is 3.16.